The van der Waals surface area contributed by atoms with Crippen molar-refractivity contribution in [3.05, 3.63) is 63.8 Å². The van der Waals surface area contributed by atoms with Gasteiger partial charge in [0, 0.05) is 21.9 Å². The number of sulfonamides is 1. The molecule has 0 aliphatic rings. The van der Waals surface area contributed by atoms with Crippen LogP contribution in [-0.4, -0.2) is 20.5 Å². The lowest BCUT2D eigenvalue weighted by atomic mass is 9.96. The number of fused-ring (bicyclic) bond motifs is 3. The minimum Gasteiger partial charge on any atom is -0.496 e. The molecule has 0 fully saturated rings. The van der Waals surface area contributed by atoms with Crippen LogP contribution in [0.1, 0.15) is 17.7 Å². The molecule has 0 radical (unpaired) electrons. The van der Waals surface area contributed by atoms with Crippen LogP contribution in [0.4, 0.5) is 0 Å². The summed E-state index contributed by atoms with van der Waals surface area (Å²) in [6.45, 7) is 1.56. The Morgan fingerprint density at radius 1 is 1.11 bits per heavy atom. The molecule has 144 valence electrons. The first-order chi connectivity index (χ1) is 13.3. The Balaban J connectivity index is 2.00. The number of methoxy groups -OCH3 is 1. The van der Waals surface area contributed by atoms with Crippen LogP contribution in [0, 0.1) is 0 Å². The number of nitrogens with one attached hydrogen (secondary N) is 1. The van der Waals surface area contributed by atoms with Crippen molar-refractivity contribution in [2.45, 2.75) is 12.2 Å². The molecule has 0 saturated heterocycles. The molecule has 0 saturated carbocycles. The molecule has 2 heterocycles. The molecule has 0 amide bonds. The number of primary sulfonamides is 1. The predicted molar refractivity (Wildman–Crippen MR) is 113 cm³/mol. The molecule has 4 aromatic rings. The molecule has 0 aliphatic heterocycles. The first-order valence-electron chi connectivity index (χ1n) is 8.53. The average Bonchev–Trinajstić information content (AvgIpc) is 3.17. The fourth-order valence-electron chi connectivity index (χ4n) is 3.40. The lowest BCUT2D eigenvalue weighted by molar-refractivity contribution is 0.417. The highest BCUT2D eigenvalue weighted by Crippen LogP contribution is 2.40. The zero-order valence-electron chi connectivity index (χ0n) is 15.2. The van der Waals surface area contributed by atoms with Gasteiger partial charge in [0.25, 0.3) is 5.56 Å². The monoisotopic (exact) mass is 414 g/mol. The molecular weight excluding hydrogens is 396 g/mol. The minimum absolute atomic E-state index is 0.119. The van der Waals surface area contributed by atoms with Crippen LogP contribution in [0.25, 0.3) is 32.1 Å². The standard InChI is InChI=1S/C20H18N2O4S2/c1-11(28(21,24)25)12-3-5-13(6-4-12)17-16(26-2)8-7-15-18(17)14-9-10-27-19(14)20(23)22-15/h3-11H,1-2H3,(H,22,23)(H2,21,24,25). The van der Waals surface area contributed by atoms with Gasteiger partial charge in [0.15, 0.2) is 0 Å². The molecule has 1 unspecified atom stereocenters. The van der Waals surface area contributed by atoms with E-state index in [1.54, 1.807) is 26.2 Å². The highest BCUT2D eigenvalue weighted by Gasteiger charge is 2.19. The summed E-state index contributed by atoms with van der Waals surface area (Å²) in [6.07, 6.45) is 0. The summed E-state index contributed by atoms with van der Waals surface area (Å²) in [6, 6.07) is 12.8. The molecule has 0 spiro atoms. The number of hydrogen-bond acceptors (Lipinski definition) is 5. The van der Waals surface area contributed by atoms with Crippen molar-refractivity contribution >= 4 is 42.3 Å². The Labute approximate surface area is 165 Å². The number of H-pyrrole nitrogens is 1. The predicted octanol–water partition coefficient (Wildman–Crippen LogP) is 3.77. The molecule has 1 atom stereocenters. The number of pyridine rings is 1. The smallest absolute Gasteiger partial charge is 0.266 e. The van der Waals surface area contributed by atoms with Gasteiger partial charge in [-0.25, -0.2) is 13.6 Å². The number of aromatic amines is 1. The summed E-state index contributed by atoms with van der Waals surface area (Å²) < 4.78 is 29.5. The third kappa shape index (κ3) is 2.99. The van der Waals surface area contributed by atoms with Gasteiger partial charge in [-0.3, -0.25) is 4.79 Å². The number of nitrogens with two attached hydrogens (primary N) is 1. The first-order valence-corrected chi connectivity index (χ1v) is 11.0. The number of ether oxygens (including phenoxy) is 1. The Bertz CT molecular complexity index is 1350. The van der Waals surface area contributed by atoms with Crippen molar-refractivity contribution in [1.82, 2.24) is 4.98 Å². The quantitative estimate of drug-likeness (QED) is 0.531. The second-order valence-electron chi connectivity index (χ2n) is 6.54. The Morgan fingerprint density at radius 2 is 1.82 bits per heavy atom. The highest BCUT2D eigenvalue weighted by atomic mass is 32.2. The summed E-state index contributed by atoms with van der Waals surface area (Å²) >= 11 is 1.39. The van der Waals surface area contributed by atoms with Gasteiger partial charge in [0.05, 0.1) is 12.4 Å². The van der Waals surface area contributed by atoms with Crippen molar-refractivity contribution in [3.8, 4) is 16.9 Å². The summed E-state index contributed by atoms with van der Waals surface area (Å²) in [7, 11) is -2.07. The summed E-state index contributed by atoms with van der Waals surface area (Å²) in [4.78, 5) is 15.3. The Kier molecular flexibility index (Phi) is 4.49. The molecule has 2 aromatic carbocycles. The third-order valence-corrected chi connectivity index (χ3v) is 7.11. The van der Waals surface area contributed by atoms with Crippen LogP contribution in [0.2, 0.25) is 0 Å². The number of hydrogen-bond donors (Lipinski definition) is 2. The average molecular weight is 415 g/mol. The van der Waals surface area contributed by atoms with Gasteiger partial charge < -0.3 is 9.72 Å². The number of thiophene rings is 1. The normalized spacial score (nSPS) is 13.1. The van der Waals surface area contributed by atoms with E-state index in [9.17, 15) is 13.2 Å². The van der Waals surface area contributed by atoms with E-state index >= 15 is 0 Å². The zero-order valence-corrected chi connectivity index (χ0v) is 16.9. The van der Waals surface area contributed by atoms with Crippen LogP contribution < -0.4 is 15.4 Å². The Morgan fingerprint density at radius 3 is 2.46 bits per heavy atom. The van der Waals surface area contributed by atoms with Crippen LogP contribution in [0.15, 0.2) is 52.6 Å². The fourth-order valence-corrected chi connectivity index (χ4v) is 4.73. The van der Waals surface area contributed by atoms with E-state index < -0.39 is 15.3 Å². The lowest BCUT2D eigenvalue weighted by Gasteiger charge is -2.15. The van der Waals surface area contributed by atoms with E-state index in [0.29, 0.717) is 21.5 Å². The SMILES string of the molecule is COc1ccc2[nH]c(=O)c3sccc3c2c1-c1ccc(C(C)S(N)(=O)=O)cc1. The van der Waals surface area contributed by atoms with Gasteiger partial charge in [-0.2, -0.15) is 0 Å². The lowest BCUT2D eigenvalue weighted by Crippen LogP contribution is -2.19. The van der Waals surface area contributed by atoms with Crippen molar-refractivity contribution in [1.29, 1.82) is 0 Å². The molecule has 0 bridgehead atoms. The van der Waals surface area contributed by atoms with Gasteiger partial charge in [-0.05, 0) is 41.6 Å². The molecule has 2 aromatic heterocycles. The van der Waals surface area contributed by atoms with Crippen molar-refractivity contribution in [2.75, 3.05) is 7.11 Å². The molecule has 6 nitrogen and oxygen atoms in total. The fraction of sp³-hybridized carbons (Fsp3) is 0.150. The van der Waals surface area contributed by atoms with Gasteiger partial charge in [-0.15, -0.1) is 11.3 Å². The topological polar surface area (TPSA) is 102 Å². The zero-order chi connectivity index (χ0) is 20.1. The largest absolute Gasteiger partial charge is 0.496 e. The van der Waals surface area contributed by atoms with E-state index in [4.69, 9.17) is 9.88 Å². The maximum atomic E-state index is 12.3. The second-order valence-corrected chi connectivity index (χ2v) is 9.34. The molecular formula is C20H18N2O4S2. The van der Waals surface area contributed by atoms with Crippen LogP contribution in [0.5, 0.6) is 5.75 Å². The van der Waals surface area contributed by atoms with E-state index in [2.05, 4.69) is 4.98 Å². The van der Waals surface area contributed by atoms with Gasteiger partial charge >= 0.3 is 0 Å². The number of benzene rings is 2. The summed E-state index contributed by atoms with van der Waals surface area (Å²) in [5.41, 5.74) is 2.90. The third-order valence-electron chi connectivity index (χ3n) is 4.94. The van der Waals surface area contributed by atoms with E-state index in [1.165, 1.54) is 11.3 Å². The minimum atomic E-state index is -3.67. The van der Waals surface area contributed by atoms with Gasteiger partial charge in [0.1, 0.15) is 10.4 Å². The summed E-state index contributed by atoms with van der Waals surface area (Å²) in [5, 5.41) is 8.11. The van der Waals surface area contributed by atoms with Crippen molar-refractivity contribution in [2.24, 2.45) is 5.14 Å². The first kappa shape index (κ1) is 18.7. The maximum Gasteiger partial charge on any atom is 0.266 e. The van der Waals surface area contributed by atoms with Crippen LogP contribution in [-0.2, 0) is 10.0 Å². The molecule has 8 heteroatoms. The molecule has 0 aliphatic carbocycles. The van der Waals surface area contributed by atoms with E-state index in [0.717, 1.165) is 21.9 Å². The number of aromatic nitrogens is 1. The van der Waals surface area contributed by atoms with Gasteiger partial charge in [0.2, 0.25) is 10.0 Å². The molecule has 4 rings (SSSR count). The van der Waals surface area contributed by atoms with E-state index in [1.807, 2.05) is 35.7 Å². The highest BCUT2D eigenvalue weighted by molar-refractivity contribution is 7.89. The molecule has 3 N–H and O–H groups in total. The molecule has 28 heavy (non-hydrogen) atoms. The van der Waals surface area contributed by atoms with Crippen LogP contribution >= 0.6 is 11.3 Å². The Hall–Kier alpha value is -2.68. The van der Waals surface area contributed by atoms with Gasteiger partial charge in [-0.1, -0.05) is 24.3 Å². The van der Waals surface area contributed by atoms with E-state index in [-0.39, 0.29) is 5.56 Å². The van der Waals surface area contributed by atoms with Crippen molar-refractivity contribution in [3.63, 3.8) is 0 Å². The summed E-state index contributed by atoms with van der Waals surface area (Å²) in [5.74, 6) is 0.666. The number of rotatable bonds is 4. The van der Waals surface area contributed by atoms with Crippen molar-refractivity contribution < 1.29 is 13.2 Å². The maximum absolute atomic E-state index is 12.3. The second kappa shape index (κ2) is 6.73. The van der Waals surface area contributed by atoms with Crippen LogP contribution in [0.3, 0.4) is 0 Å².